The first-order valence-electron chi connectivity index (χ1n) is 6.49. The molecule has 0 spiro atoms. The second-order valence-corrected chi connectivity index (χ2v) is 4.96. The van der Waals surface area contributed by atoms with Gasteiger partial charge in [0.1, 0.15) is 12.4 Å². The molecule has 126 valence electrons. The van der Waals surface area contributed by atoms with E-state index in [2.05, 4.69) is 10.1 Å². The third-order valence-electron chi connectivity index (χ3n) is 3.03. The van der Waals surface area contributed by atoms with E-state index in [1.807, 2.05) is 0 Å². The molecule has 0 aliphatic heterocycles. The van der Waals surface area contributed by atoms with Crippen LogP contribution in [0.2, 0.25) is 0 Å². The molecule has 0 radical (unpaired) electrons. The zero-order chi connectivity index (χ0) is 17.4. The van der Waals surface area contributed by atoms with E-state index in [0.717, 1.165) is 18.2 Å². The molecule has 1 heterocycles. The van der Waals surface area contributed by atoms with Crippen molar-refractivity contribution in [2.45, 2.75) is 31.8 Å². The van der Waals surface area contributed by atoms with Crippen LogP contribution in [0.3, 0.4) is 0 Å². The van der Waals surface area contributed by atoms with Crippen molar-refractivity contribution in [2.75, 3.05) is 0 Å². The first-order chi connectivity index (χ1) is 10.6. The van der Waals surface area contributed by atoms with Crippen LogP contribution in [-0.4, -0.2) is 32.2 Å². The Morgan fingerprint density at radius 2 is 1.91 bits per heavy atom. The van der Waals surface area contributed by atoms with Crippen LogP contribution in [-0.2, 0) is 6.54 Å². The molecule has 23 heavy (non-hydrogen) atoms. The number of benzene rings is 1. The lowest BCUT2D eigenvalue weighted by molar-refractivity contribution is -0.143. The maximum atomic E-state index is 13.2. The molecule has 0 saturated carbocycles. The monoisotopic (exact) mass is 336 g/mol. The molecule has 3 N–H and O–H groups in total. The number of rotatable bonds is 4. The van der Waals surface area contributed by atoms with Gasteiger partial charge in [-0.25, -0.2) is 18.4 Å². The van der Waals surface area contributed by atoms with E-state index in [1.165, 1.54) is 6.92 Å². The van der Waals surface area contributed by atoms with Gasteiger partial charge in [-0.2, -0.15) is 18.3 Å². The highest BCUT2D eigenvalue weighted by Crippen LogP contribution is 2.24. The van der Waals surface area contributed by atoms with Gasteiger partial charge in [0.25, 0.3) is 0 Å². The van der Waals surface area contributed by atoms with Crippen molar-refractivity contribution < 1.29 is 27.1 Å². The van der Waals surface area contributed by atoms with Crippen LogP contribution in [0.15, 0.2) is 18.2 Å². The Balaban J connectivity index is 2.49. The highest BCUT2D eigenvalue weighted by atomic mass is 19.4. The van der Waals surface area contributed by atoms with Crippen molar-refractivity contribution in [1.82, 2.24) is 14.8 Å². The summed E-state index contributed by atoms with van der Waals surface area (Å²) in [7, 11) is 0. The van der Waals surface area contributed by atoms with Crippen LogP contribution in [0.4, 0.5) is 22.0 Å². The van der Waals surface area contributed by atoms with Crippen molar-refractivity contribution in [3.8, 4) is 11.4 Å². The topological polar surface area (TPSA) is 77.0 Å². The second-order valence-electron chi connectivity index (χ2n) is 4.96. The molecule has 0 fully saturated rings. The summed E-state index contributed by atoms with van der Waals surface area (Å²) in [5, 5.41) is 13.1. The van der Waals surface area contributed by atoms with Crippen molar-refractivity contribution in [1.29, 1.82) is 0 Å². The van der Waals surface area contributed by atoms with Gasteiger partial charge in [0.15, 0.2) is 17.5 Å². The standard InChI is InChI=1S/C13H13F5N4O/c1-6(23)10(19)12-20-11(21-22(12)5-13(16,17)18)7-2-3-8(14)9(15)4-7/h2-4,6,10,23H,5,19H2,1H3/t6-,10+/m1/s1. The average Bonchev–Trinajstić information content (AvgIpc) is 2.82. The fourth-order valence-corrected chi connectivity index (χ4v) is 1.86. The lowest BCUT2D eigenvalue weighted by atomic mass is 10.2. The van der Waals surface area contributed by atoms with Gasteiger partial charge in [0, 0.05) is 5.56 Å². The smallest absolute Gasteiger partial charge is 0.391 e. The Morgan fingerprint density at radius 1 is 1.26 bits per heavy atom. The number of aromatic nitrogens is 3. The second kappa shape index (κ2) is 6.20. The molecule has 0 unspecified atom stereocenters. The van der Waals surface area contributed by atoms with Gasteiger partial charge in [-0.05, 0) is 25.1 Å². The van der Waals surface area contributed by atoms with Crippen LogP contribution in [0.1, 0.15) is 18.8 Å². The number of aliphatic hydroxyl groups excluding tert-OH is 1. The first-order valence-corrected chi connectivity index (χ1v) is 6.49. The van der Waals surface area contributed by atoms with Crippen molar-refractivity contribution in [3.63, 3.8) is 0 Å². The molecular weight excluding hydrogens is 323 g/mol. The zero-order valence-electron chi connectivity index (χ0n) is 11.8. The highest BCUT2D eigenvalue weighted by molar-refractivity contribution is 5.54. The van der Waals surface area contributed by atoms with Crippen LogP contribution < -0.4 is 5.73 Å². The summed E-state index contributed by atoms with van der Waals surface area (Å²) in [6.45, 7) is -0.187. The van der Waals surface area contributed by atoms with E-state index in [-0.39, 0.29) is 17.2 Å². The molecule has 5 nitrogen and oxygen atoms in total. The Morgan fingerprint density at radius 3 is 2.43 bits per heavy atom. The first kappa shape index (κ1) is 17.3. The summed E-state index contributed by atoms with van der Waals surface area (Å²) < 4.78 is 64.5. The summed E-state index contributed by atoms with van der Waals surface area (Å²) in [5.41, 5.74) is 5.62. The summed E-state index contributed by atoms with van der Waals surface area (Å²) in [4.78, 5) is 3.83. The van der Waals surface area contributed by atoms with Gasteiger partial charge in [0.05, 0.1) is 12.1 Å². The van der Waals surface area contributed by atoms with Gasteiger partial charge >= 0.3 is 6.18 Å². The number of hydrogen-bond donors (Lipinski definition) is 2. The van der Waals surface area contributed by atoms with Crippen LogP contribution in [0.5, 0.6) is 0 Å². The lowest BCUT2D eigenvalue weighted by Crippen LogP contribution is -2.29. The Hall–Kier alpha value is -2.07. The summed E-state index contributed by atoms with van der Waals surface area (Å²) in [5.74, 6) is -2.85. The molecule has 2 atom stereocenters. The minimum absolute atomic E-state index is 0.0103. The molecule has 0 amide bonds. The number of halogens is 5. The maximum Gasteiger partial charge on any atom is 0.408 e. The summed E-state index contributed by atoms with van der Waals surface area (Å²) >= 11 is 0. The van der Waals surface area contributed by atoms with Gasteiger partial charge < -0.3 is 10.8 Å². The molecule has 0 aliphatic rings. The van der Waals surface area contributed by atoms with Gasteiger partial charge in [-0.3, -0.25) is 0 Å². The van der Waals surface area contributed by atoms with E-state index >= 15 is 0 Å². The molecule has 1 aromatic carbocycles. The summed E-state index contributed by atoms with van der Waals surface area (Å²) in [6.07, 6.45) is -5.77. The minimum Gasteiger partial charge on any atom is -0.391 e. The van der Waals surface area contributed by atoms with Crippen LogP contribution in [0.25, 0.3) is 11.4 Å². The summed E-state index contributed by atoms with van der Waals surface area (Å²) in [6, 6.07) is 1.48. The predicted octanol–water partition coefficient (Wildman–Crippen LogP) is 2.17. The highest BCUT2D eigenvalue weighted by Gasteiger charge is 2.32. The van der Waals surface area contributed by atoms with E-state index in [0.29, 0.717) is 4.68 Å². The van der Waals surface area contributed by atoms with E-state index < -0.39 is 36.5 Å². The maximum absolute atomic E-state index is 13.2. The number of alkyl halides is 3. The molecule has 0 saturated heterocycles. The van der Waals surface area contributed by atoms with Crippen LogP contribution >= 0.6 is 0 Å². The van der Waals surface area contributed by atoms with E-state index in [1.54, 1.807) is 0 Å². The van der Waals surface area contributed by atoms with Gasteiger partial charge in [-0.1, -0.05) is 0 Å². The number of nitrogens with zero attached hydrogens (tertiary/aromatic N) is 3. The molecule has 0 bridgehead atoms. The fraction of sp³-hybridized carbons (Fsp3) is 0.385. The molecule has 2 rings (SSSR count). The minimum atomic E-state index is -4.59. The number of hydrogen-bond acceptors (Lipinski definition) is 4. The van der Waals surface area contributed by atoms with E-state index in [9.17, 15) is 27.1 Å². The largest absolute Gasteiger partial charge is 0.408 e. The van der Waals surface area contributed by atoms with Crippen LogP contribution in [0, 0.1) is 11.6 Å². The zero-order valence-corrected chi connectivity index (χ0v) is 11.8. The van der Waals surface area contributed by atoms with Crippen molar-refractivity contribution in [2.24, 2.45) is 5.73 Å². The lowest BCUT2D eigenvalue weighted by Gasteiger charge is -2.15. The van der Waals surface area contributed by atoms with Crippen molar-refractivity contribution >= 4 is 0 Å². The SMILES string of the molecule is C[C@@H](O)[C@H](N)c1nc(-c2ccc(F)c(F)c2)nn1CC(F)(F)F. The van der Waals surface area contributed by atoms with Gasteiger partial charge in [0.2, 0.25) is 0 Å². The molecular formula is C13H13F5N4O. The third kappa shape index (κ3) is 4.02. The average molecular weight is 336 g/mol. The van der Waals surface area contributed by atoms with Gasteiger partial charge in [-0.15, -0.1) is 0 Å². The molecule has 1 aromatic heterocycles. The Kier molecular flexibility index (Phi) is 4.66. The van der Waals surface area contributed by atoms with E-state index in [4.69, 9.17) is 5.73 Å². The fourth-order valence-electron chi connectivity index (χ4n) is 1.86. The molecule has 2 aromatic rings. The molecule has 10 heteroatoms. The number of nitrogens with two attached hydrogens (primary N) is 1. The third-order valence-corrected chi connectivity index (χ3v) is 3.03. The molecule has 0 aliphatic carbocycles. The quantitative estimate of drug-likeness (QED) is 0.839. The normalized spacial score (nSPS) is 14.8. The Labute approximate surface area is 127 Å². The predicted molar refractivity (Wildman–Crippen MR) is 70.0 cm³/mol. The Bertz CT molecular complexity index is 698. The number of aliphatic hydroxyl groups is 1. The van der Waals surface area contributed by atoms with Crippen molar-refractivity contribution in [3.05, 3.63) is 35.7 Å².